The van der Waals surface area contributed by atoms with Crippen LogP contribution in [0, 0.1) is 0 Å². The topological polar surface area (TPSA) is 57.2 Å². The normalized spacial score (nSPS) is 17.1. The molecule has 0 fully saturated rings. The summed E-state index contributed by atoms with van der Waals surface area (Å²) in [6.07, 6.45) is -4.59. The second-order valence-electron chi connectivity index (χ2n) is 5.66. The Labute approximate surface area is 187 Å². The Balaban J connectivity index is 0. The van der Waals surface area contributed by atoms with Crippen molar-refractivity contribution in [2.75, 3.05) is 0 Å². The molecular weight excluding hydrogens is 546 g/mol. The standard InChI is InChI=1S/C10H5F17O3S.Na/c1-2(11)3(12,13)4(14,15)5(16,17)6(18,19)7(20,21)8(22,23)9(24,25)10(26,27)31(28,29)30;/h2H,1H3,(H,28,29,30);/q;+1/p-1. The van der Waals surface area contributed by atoms with Gasteiger partial charge in [-0.25, -0.2) is 12.8 Å². The summed E-state index contributed by atoms with van der Waals surface area (Å²) >= 11 is 0. The van der Waals surface area contributed by atoms with E-state index in [0.717, 1.165) is 0 Å². The van der Waals surface area contributed by atoms with E-state index < -0.39 is 69.9 Å². The molecule has 0 aliphatic heterocycles. The fraction of sp³-hybridized carbons (Fsp3) is 1.00. The first-order chi connectivity index (χ1) is 12.9. The van der Waals surface area contributed by atoms with Gasteiger partial charge < -0.3 is 4.55 Å². The molecule has 0 saturated carbocycles. The monoisotopic (exact) mass is 550 g/mol. The van der Waals surface area contributed by atoms with Crippen molar-refractivity contribution in [1.82, 2.24) is 0 Å². The third kappa shape index (κ3) is 4.06. The largest absolute Gasteiger partial charge is 1.00 e. The molecule has 0 aliphatic rings. The van der Waals surface area contributed by atoms with Gasteiger partial charge in [0.15, 0.2) is 16.3 Å². The van der Waals surface area contributed by atoms with Crippen LogP contribution in [0.5, 0.6) is 0 Å². The number of halogens is 17. The van der Waals surface area contributed by atoms with Crippen molar-refractivity contribution in [3.05, 3.63) is 0 Å². The molecule has 0 rings (SSSR count). The van der Waals surface area contributed by atoms with Crippen LogP contribution in [0.25, 0.3) is 0 Å². The van der Waals surface area contributed by atoms with Crippen molar-refractivity contribution < 1.29 is 117 Å². The molecule has 0 radical (unpaired) electrons. The smallest absolute Gasteiger partial charge is 0.743 e. The van der Waals surface area contributed by atoms with Crippen LogP contribution in [0.1, 0.15) is 6.92 Å². The molecule has 3 nitrogen and oxygen atoms in total. The average molecular weight is 550 g/mol. The van der Waals surface area contributed by atoms with Crippen molar-refractivity contribution >= 4 is 10.1 Å². The Morgan fingerprint density at radius 3 is 1.00 bits per heavy atom. The van der Waals surface area contributed by atoms with E-state index in [1.54, 1.807) is 0 Å². The molecule has 0 amide bonds. The maximum Gasteiger partial charge on any atom is 1.00 e. The van der Waals surface area contributed by atoms with Crippen molar-refractivity contribution in [3.63, 3.8) is 0 Å². The second kappa shape index (κ2) is 8.43. The molecule has 0 bridgehead atoms. The Hall–Kier alpha value is -0.280. The van der Waals surface area contributed by atoms with E-state index in [9.17, 15) is 87.6 Å². The molecule has 32 heavy (non-hydrogen) atoms. The maximum atomic E-state index is 13.3. The molecular formula is C10H4F17NaO3S. The molecule has 1 atom stereocenters. The van der Waals surface area contributed by atoms with Crippen molar-refractivity contribution in [1.29, 1.82) is 0 Å². The second-order valence-corrected chi connectivity index (χ2v) is 7.08. The van der Waals surface area contributed by atoms with Gasteiger partial charge in [0.05, 0.1) is 0 Å². The fourth-order valence-corrected chi connectivity index (χ4v) is 2.03. The molecule has 1 unspecified atom stereocenters. The average Bonchev–Trinajstić information content (AvgIpc) is 2.52. The molecule has 0 aromatic rings. The van der Waals surface area contributed by atoms with Crippen LogP contribution in [-0.2, 0) is 10.1 Å². The van der Waals surface area contributed by atoms with E-state index in [1.807, 2.05) is 0 Å². The van der Waals surface area contributed by atoms with Gasteiger partial charge in [-0.05, 0) is 6.92 Å². The Kier molecular flexibility index (Phi) is 8.93. The third-order valence-electron chi connectivity index (χ3n) is 3.57. The molecule has 188 valence electrons. The van der Waals surface area contributed by atoms with Gasteiger partial charge in [0.25, 0.3) is 0 Å². The van der Waals surface area contributed by atoms with Gasteiger partial charge in [0.1, 0.15) is 0 Å². The molecule has 0 saturated heterocycles. The van der Waals surface area contributed by atoms with E-state index in [-0.39, 0.29) is 29.6 Å². The van der Waals surface area contributed by atoms with Crippen LogP contribution < -0.4 is 29.6 Å². The van der Waals surface area contributed by atoms with Crippen LogP contribution in [0.15, 0.2) is 0 Å². The molecule has 22 heteroatoms. The number of rotatable bonds is 9. The zero-order chi connectivity index (χ0) is 26.1. The van der Waals surface area contributed by atoms with Crippen LogP contribution in [0.2, 0.25) is 0 Å². The summed E-state index contributed by atoms with van der Waals surface area (Å²) in [6, 6.07) is 0. The Morgan fingerprint density at radius 2 is 0.781 bits per heavy atom. The van der Waals surface area contributed by atoms with E-state index >= 15 is 0 Å². The van der Waals surface area contributed by atoms with Gasteiger partial charge in [-0.1, -0.05) is 0 Å². The summed E-state index contributed by atoms with van der Waals surface area (Å²) in [5.41, 5.74) is 0. The van der Waals surface area contributed by atoms with Crippen molar-refractivity contribution in [2.45, 2.75) is 59.8 Å². The molecule has 0 heterocycles. The third-order valence-corrected chi connectivity index (χ3v) is 4.45. The first-order valence-electron chi connectivity index (χ1n) is 6.56. The fourth-order valence-electron chi connectivity index (χ4n) is 1.59. The SMILES string of the molecule is CC(F)C(F)(F)C(F)(F)C(F)(F)C(F)(F)C(F)(F)C(F)(F)C(F)(F)C(F)(F)S(=O)(=O)[O-].[Na+]. The van der Waals surface area contributed by atoms with Gasteiger partial charge in [-0.15, -0.1) is 0 Å². The van der Waals surface area contributed by atoms with Crippen LogP contribution in [0.3, 0.4) is 0 Å². The first-order valence-corrected chi connectivity index (χ1v) is 7.97. The Bertz CT molecular complexity index is 790. The molecule has 0 aromatic carbocycles. The molecule has 0 aromatic heterocycles. The predicted molar refractivity (Wildman–Crippen MR) is 59.8 cm³/mol. The van der Waals surface area contributed by atoms with Gasteiger partial charge in [0.2, 0.25) is 0 Å². The first kappa shape index (κ1) is 33.9. The van der Waals surface area contributed by atoms with Crippen LogP contribution in [-0.4, -0.2) is 65.9 Å². The predicted octanol–water partition coefficient (Wildman–Crippen LogP) is 1.93. The van der Waals surface area contributed by atoms with Crippen LogP contribution >= 0.6 is 0 Å². The number of alkyl halides is 17. The molecule has 0 aliphatic carbocycles. The van der Waals surface area contributed by atoms with E-state index in [1.165, 1.54) is 0 Å². The maximum absolute atomic E-state index is 13.3. The van der Waals surface area contributed by atoms with Crippen molar-refractivity contribution in [2.24, 2.45) is 0 Å². The summed E-state index contributed by atoms with van der Waals surface area (Å²) in [5.74, 6) is -58.7. The molecule has 0 spiro atoms. The summed E-state index contributed by atoms with van der Waals surface area (Å²) in [6.45, 7) is -0.733. The van der Waals surface area contributed by atoms with Gasteiger partial charge >= 0.3 is 76.3 Å². The van der Waals surface area contributed by atoms with E-state index in [2.05, 4.69) is 0 Å². The quantitative estimate of drug-likeness (QED) is 0.251. The van der Waals surface area contributed by atoms with Gasteiger partial charge in [-0.3, -0.25) is 0 Å². The minimum Gasteiger partial charge on any atom is -0.743 e. The summed E-state index contributed by atoms with van der Waals surface area (Å²) in [7, 11) is -8.14. The van der Waals surface area contributed by atoms with Gasteiger partial charge in [0, 0.05) is 0 Å². The minimum atomic E-state index is -8.89. The van der Waals surface area contributed by atoms with Crippen molar-refractivity contribution in [3.8, 4) is 0 Å². The number of hydrogen-bond acceptors (Lipinski definition) is 3. The van der Waals surface area contributed by atoms with E-state index in [0.29, 0.717) is 0 Å². The molecule has 0 N–H and O–H groups in total. The zero-order valence-electron chi connectivity index (χ0n) is 14.6. The zero-order valence-corrected chi connectivity index (χ0v) is 17.5. The summed E-state index contributed by atoms with van der Waals surface area (Å²) < 4.78 is 251. The minimum absolute atomic E-state index is 0. The summed E-state index contributed by atoms with van der Waals surface area (Å²) in [5, 5.41) is -7.95. The summed E-state index contributed by atoms with van der Waals surface area (Å²) in [4.78, 5) is 0. The Morgan fingerprint density at radius 1 is 0.562 bits per heavy atom. The van der Waals surface area contributed by atoms with E-state index in [4.69, 9.17) is 0 Å². The number of hydrogen-bond donors (Lipinski definition) is 0. The van der Waals surface area contributed by atoms with Crippen LogP contribution in [0.4, 0.5) is 74.6 Å². The van der Waals surface area contributed by atoms with Gasteiger partial charge in [-0.2, -0.15) is 70.2 Å².